The Bertz CT molecular complexity index is 312. The Kier molecular flexibility index (Phi) is 4.53. The summed E-state index contributed by atoms with van der Waals surface area (Å²) in [6.07, 6.45) is 2.02. The number of amides is 1. The number of hydrogen-bond acceptors (Lipinski definition) is 4. The van der Waals surface area contributed by atoms with Crippen molar-refractivity contribution in [3.8, 4) is 0 Å². The minimum absolute atomic E-state index is 0.0175. The standard InChI is InChI=1S/C9H17NO4S/c11-5-1-4-9(12)10-8-3-2-6-15(13,14)7-8/h8,11H,1-7H2,(H,10,12). The van der Waals surface area contributed by atoms with Crippen molar-refractivity contribution in [2.45, 2.75) is 31.7 Å². The van der Waals surface area contributed by atoms with Crippen LogP contribution in [0.5, 0.6) is 0 Å². The van der Waals surface area contributed by atoms with Gasteiger partial charge >= 0.3 is 0 Å². The lowest BCUT2D eigenvalue weighted by molar-refractivity contribution is -0.122. The molecule has 0 saturated carbocycles. The molecule has 1 unspecified atom stereocenters. The number of aliphatic hydroxyl groups excluding tert-OH is 1. The maximum Gasteiger partial charge on any atom is 0.220 e. The third-order valence-electron chi connectivity index (χ3n) is 2.39. The summed E-state index contributed by atoms with van der Waals surface area (Å²) >= 11 is 0. The predicted octanol–water partition coefficient (Wildman–Crippen LogP) is -0.548. The van der Waals surface area contributed by atoms with Crippen LogP contribution in [-0.4, -0.2) is 43.6 Å². The van der Waals surface area contributed by atoms with Crippen LogP contribution < -0.4 is 5.32 Å². The molecule has 0 spiro atoms. The largest absolute Gasteiger partial charge is 0.396 e. The zero-order chi connectivity index (χ0) is 11.3. The lowest BCUT2D eigenvalue weighted by Crippen LogP contribution is -2.43. The number of sulfone groups is 1. The summed E-state index contributed by atoms with van der Waals surface area (Å²) in [7, 11) is -2.96. The molecule has 1 rings (SSSR count). The van der Waals surface area contributed by atoms with E-state index in [0.29, 0.717) is 12.8 Å². The molecule has 0 aromatic rings. The van der Waals surface area contributed by atoms with Crippen molar-refractivity contribution in [3.05, 3.63) is 0 Å². The van der Waals surface area contributed by atoms with Crippen molar-refractivity contribution in [3.63, 3.8) is 0 Å². The first-order valence-corrected chi connectivity index (χ1v) is 6.96. The molecule has 0 radical (unpaired) electrons. The van der Waals surface area contributed by atoms with Crippen molar-refractivity contribution in [1.29, 1.82) is 0 Å². The van der Waals surface area contributed by atoms with Gasteiger partial charge in [0.05, 0.1) is 11.5 Å². The minimum Gasteiger partial charge on any atom is -0.396 e. The molecule has 88 valence electrons. The Balaban J connectivity index is 2.35. The number of carbonyl (C=O) groups is 1. The van der Waals surface area contributed by atoms with Crippen molar-refractivity contribution in [2.24, 2.45) is 0 Å². The fourth-order valence-corrected chi connectivity index (χ4v) is 3.31. The monoisotopic (exact) mass is 235 g/mol. The fourth-order valence-electron chi connectivity index (χ4n) is 1.68. The van der Waals surface area contributed by atoms with E-state index in [9.17, 15) is 13.2 Å². The van der Waals surface area contributed by atoms with Crippen LogP contribution in [0.2, 0.25) is 0 Å². The van der Waals surface area contributed by atoms with Crippen LogP contribution in [0.1, 0.15) is 25.7 Å². The number of rotatable bonds is 4. The highest BCUT2D eigenvalue weighted by Gasteiger charge is 2.25. The molecule has 1 fully saturated rings. The lowest BCUT2D eigenvalue weighted by Gasteiger charge is -2.22. The van der Waals surface area contributed by atoms with E-state index < -0.39 is 9.84 Å². The van der Waals surface area contributed by atoms with Crippen molar-refractivity contribution in [1.82, 2.24) is 5.32 Å². The van der Waals surface area contributed by atoms with E-state index in [1.165, 1.54) is 0 Å². The second kappa shape index (κ2) is 5.46. The molecule has 1 amide bonds. The summed E-state index contributed by atoms with van der Waals surface area (Å²) in [6, 6.07) is -0.241. The summed E-state index contributed by atoms with van der Waals surface area (Å²) in [4.78, 5) is 11.3. The number of nitrogens with one attached hydrogen (secondary N) is 1. The van der Waals surface area contributed by atoms with Gasteiger partial charge in [-0.1, -0.05) is 0 Å². The second-order valence-corrected chi connectivity index (χ2v) is 6.08. The topological polar surface area (TPSA) is 83.5 Å². The first-order valence-electron chi connectivity index (χ1n) is 5.14. The number of hydrogen-bond donors (Lipinski definition) is 2. The molecule has 6 heteroatoms. The first kappa shape index (κ1) is 12.4. The van der Waals surface area contributed by atoms with Gasteiger partial charge in [-0.25, -0.2) is 8.42 Å². The normalized spacial score (nSPS) is 24.7. The third kappa shape index (κ3) is 4.61. The Hall–Kier alpha value is -0.620. The van der Waals surface area contributed by atoms with Crippen LogP contribution >= 0.6 is 0 Å². The predicted molar refractivity (Wildman–Crippen MR) is 56.1 cm³/mol. The lowest BCUT2D eigenvalue weighted by atomic mass is 10.2. The van der Waals surface area contributed by atoms with Crippen molar-refractivity contribution in [2.75, 3.05) is 18.1 Å². The Morgan fingerprint density at radius 2 is 2.20 bits per heavy atom. The van der Waals surface area contributed by atoms with Gasteiger partial charge in [0.25, 0.3) is 0 Å². The maximum atomic E-state index is 11.3. The molecule has 0 bridgehead atoms. The van der Waals surface area contributed by atoms with Crippen molar-refractivity contribution >= 4 is 15.7 Å². The number of carbonyl (C=O) groups excluding carboxylic acids is 1. The molecule has 0 aromatic heterocycles. The van der Waals surface area contributed by atoms with E-state index in [4.69, 9.17) is 5.11 Å². The van der Waals surface area contributed by atoms with Gasteiger partial charge in [-0.2, -0.15) is 0 Å². The summed E-state index contributed by atoms with van der Waals surface area (Å²) < 4.78 is 22.5. The molecular weight excluding hydrogens is 218 g/mol. The molecule has 1 aliphatic heterocycles. The van der Waals surface area contributed by atoms with Gasteiger partial charge in [0.2, 0.25) is 5.91 Å². The second-order valence-electron chi connectivity index (χ2n) is 3.85. The molecule has 0 aromatic carbocycles. The highest BCUT2D eigenvalue weighted by Crippen LogP contribution is 2.12. The summed E-state index contributed by atoms with van der Waals surface area (Å²) in [5.74, 6) is 0.111. The quantitative estimate of drug-likeness (QED) is 0.685. The van der Waals surface area contributed by atoms with E-state index in [2.05, 4.69) is 5.32 Å². The Labute approximate surface area is 89.8 Å². The Morgan fingerprint density at radius 1 is 1.47 bits per heavy atom. The molecule has 1 aliphatic rings. The van der Waals surface area contributed by atoms with Crippen LogP contribution in [0, 0.1) is 0 Å². The molecule has 0 aliphatic carbocycles. The summed E-state index contributed by atoms with van der Waals surface area (Å²) in [6.45, 7) is -0.0175. The highest BCUT2D eigenvalue weighted by molar-refractivity contribution is 7.91. The number of aliphatic hydroxyl groups is 1. The minimum atomic E-state index is -2.96. The third-order valence-corrected chi connectivity index (χ3v) is 4.21. The molecule has 1 atom stereocenters. The van der Waals surface area contributed by atoms with Crippen LogP contribution in [0.3, 0.4) is 0 Å². The summed E-state index contributed by atoms with van der Waals surface area (Å²) in [5.41, 5.74) is 0. The Morgan fingerprint density at radius 3 is 2.80 bits per heavy atom. The molecular formula is C9H17NO4S. The maximum absolute atomic E-state index is 11.3. The smallest absolute Gasteiger partial charge is 0.220 e. The highest BCUT2D eigenvalue weighted by atomic mass is 32.2. The van der Waals surface area contributed by atoms with Gasteiger partial charge in [0.15, 0.2) is 9.84 Å². The zero-order valence-corrected chi connectivity index (χ0v) is 9.42. The van der Waals surface area contributed by atoms with Crippen molar-refractivity contribution < 1.29 is 18.3 Å². The van der Waals surface area contributed by atoms with Gasteiger partial charge in [0.1, 0.15) is 0 Å². The van der Waals surface area contributed by atoms with Gasteiger partial charge in [-0.15, -0.1) is 0 Å². The van der Waals surface area contributed by atoms with E-state index in [1.54, 1.807) is 0 Å². The van der Waals surface area contributed by atoms with Gasteiger partial charge < -0.3 is 10.4 Å². The van der Waals surface area contributed by atoms with E-state index >= 15 is 0 Å². The van der Waals surface area contributed by atoms with E-state index in [1.807, 2.05) is 0 Å². The average Bonchev–Trinajstić information content (AvgIpc) is 2.13. The van der Waals surface area contributed by atoms with E-state index in [-0.39, 0.29) is 36.5 Å². The van der Waals surface area contributed by atoms with Gasteiger partial charge in [-0.3, -0.25) is 4.79 Å². The molecule has 5 nitrogen and oxygen atoms in total. The summed E-state index contributed by atoms with van der Waals surface area (Å²) in [5, 5.41) is 11.2. The van der Waals surface area contributed by atoms with Crippen LogP contribution in [0.4, 0.5) is 0 Å². The molecule has 15 heavy (non-hydrogen) atoms. The van der Waals surface area contributed by atoms with Crippen LogP contribution in [0.25, 0.3) is 0 Å². The SMILES string of the molecule is O=C(CCCO)NC1CCCS(=O)(=O)C1. The molecule has 1 heterocycles. The van der Waals surface area contributed by atoms with Crippen LogP contribution in [0.15, 0.2) is 0 Å². The average molecular weight is 235 g/mol. The van der Waals surface area contributed by atoms with E-state index in [0.717, 1.165) is 6.42 Å². The molecule has 2 N–H and O–H groups in total. The molecule has 1 saturated heterocycles. The fraction of sp³-hybridized carbons (Fsp3) is 0.889. The van der Waals surface area contributed by atoms with Gasteiger partial charge in [0, 0.05) is 19.1 Å². The van der Waals surface area contributed by atoms with Crippen LogP contribution in [-0.2, 0) is 14.6 Å². The zero-order valence-electron chi connectivity index (χ0n) is 8.61. The first-order chi connectivity index (χ1) is 7.03. The van der Waals surface area contributed by atoms with Gasteiger partial charge in [-0.05, 0) is 19.3 Å².